The molecule has 0 bridgehead atoms. The van der Waals surface area contributed by atoms with Gasteiger partial charge in [0, 0.05) is 0 Å². The molecule has 1 aromatic heterocycles. The smallest absolute Gasteiger partial charge is 0.387 e. The van der Waals surface area contributed by atoms with E-state index >= 15 is 0 Å². The van der Waals surface area contributed by atoms with E-state index in [-0.39, 0.29) is 16.6 Å². The zero-order valence-corrected chi connectivity index (χ0v) is 12.1. The zero-order valence-electron chi connectivity index (χ0n) is 11.4. The molecule has 122 valence electrons. The third kappa shape index (κ3) is 3.45. The Morgan fingerprint density at radius 2 is 2.09 bits per heavy atom. The summed E-state index contributed by atoms with van der Waals surface area (Å²) >= 11 is 5.63. The number of carboxylic acid groups (broad SMARTS) is 1. The molecule has 2 rings (SSSR count). The topological polar surface area (TPSA) is 81.5 Å². The molecule has 23 heavy (non-hydrogen) atoms. The highest BCUT2D eigenvalue weighted by atomic mass is 35.5. The molecule has 2 aromatic rings. The first-order valence-electron chi connectivity index (χ1n) is 5.92. The summed E-state index contributed by atoms with van der Waals surface area (Å²) in [7, 11) is 1.17. The molecule has 0 saturated carbocycles. The summed E-state index contributed by atoms with van der Waals surface area (Å²) in [5.74, 6) is -3.46. The second-order valence-corrected chi connectivity index (χ2v) is 4.44. The minimum absolute atomic E-state index is 0.319. The molecule has 0 fully saturated rings. The zero-order chi connectivity index (χ0) is 17.1. The van der Waals surface area contributed by atoms with Crippen LogP contribution in [0.2, 0.25) is 5.02 Å². The van der Waals surface area contributed by atoms with Gasteiger partial charge in [0.15, 0.2) is 5.82 Å². The van der Waals surface area contributed by atoms with Crippen LogP contribution in [0.4, 0.5) is 13.2 Å². The number of carboxylic acids is 1. The van der Waals surface area contributed by atoms with Crippen molar-refractivity contribution in [1.82, 2.24) is 9.97 Å². The molecule has 0 aliphatic heterocycles. The predicted octanol–water partition coefficient (Wildman–Crippen LogP) is 3.24. The van der Waals surface area contributed by atoms with Crippen LogP contribution in [0.5, 0.6) is 11.6 Å². The first-order chi connectivity index (χ1) is 10.8. The van der Waals surface area contributed by atoms with Crippen LogP contribution in [0, 0.1) is 5.82 Å². The van der Waals surface area contributed by atoms with E-state index < -0.39 is 35.4 Å². The first-order valence-corrected chi connectivity index (χ1v) is 6.30. The number of benzene rings is 1. The summed E-state index contributed by atoms with van der Waals surface area (Å²) in [6.07, 6.45) is 0.957. The maximum Gasteiger partial charge on any atom is 0.387 e. The number of rotatable bonds is 5. The van der Waals surface area contributed by atoms with Crippen molar-refractivity contribution in [2.45, 2.75) is 6.61 Å². The number of carbonyl (C=O) groups is 1. The van der Waals surface area contributed by atoms with E-state index in [0.717, 1.165) is 18.3 Å². The van der Waals surface area contributed by atoms with Crippen LogP contribution in [0.3, 0.4) is 0 Å². The molecule has 0 atom stereocenters. The van der Waals surface area contributed by atoms with Gasteiger partial charge in [-0.2, -0.15) is 8.78 Å². The number of halogens is 4. The Hall–Kier alpha value is -2.55. The molecule has 0 saturated heterocycles. The number of nitrogens with zero attached hydrogens (tertiary/aromatic N) is 2. The average molecular weight is 349 g/mol. The highest BCUT2D eigenvalue weighted by Gasteiger charge is 2.23. The van der Waals surface area contributed by atoms with E-state index in [9.17, 15) is 18.0 Å². The molecular formula is C13H8ClF3N2O4. The Balaban J connectivity index is 2.68. The van der Waals surface area contributed by atoms with E-state index in [4.69, 9.17) is 21.4 Å². The molecule has 6 nitrogen and oxygen atoms in total. The average Bonchev–Trinajstić information content (AvgIpc) is 2.50. The number of methoxy groups -OCH3 is 1. The highest BCUT2D eigenvalue weighted by molar-refractivity contribution is 6.31. The van der Waals surface area contributed by atoms with E-state index in [0.29, 0.717) is 0 Å². The van der Waals surface area contributed by atoms with Crippen LogP contribution < -0.4 is 9.47 Å². The van der Waals surface area contributed by atoms with Crippen LogP contribution >= 0.6 is 11.6 Å². The Kier molecular flexibility index (Phi) is 4.89. The fraction of sp³-hybridized carbons (Fsp3) is 0.154. The van der Waals surface area contributed by atoms with Gasteiger partial charge in [0.1, 0.15) is 5.75 Å². The number of aromatic nitrogens is 2. The van der Waals surface area contributed by atoms with Crippen molar-refractivity contribution < 1.29 is 32.5 Å². The summed E-state index contributed by atoms with van der Waals surface area (Å²) in [6, 6.07) is 2.03. The fourth-order valence-electron chi connectivity index (χ4n) is 1.75. The quantitative estimate of drug-likeness (QED) is 0.893. The maximum atomic E-state index is 14.2. The molecule has 10 heteroatoms. The number of alkyl halides is 2. The van der Waals surface area contributed by atoms with Crippen LogP contribution in [0.25, 0.3) is 11.3 Å². The van der Waals surface area contributed by atoms with Gasteiger partial charge in [0.25, 0.3) is 0 Å². The number of hydrogen-bond donors (Lipinski definition) is 1. The summed E-state index contributed by atoms with van der Waals surface area (Å²) in [5, 5.41) is 8.67. The summed E-state index contributed by atoms with van der Waals surface area (Å²) in [6.45, 7) is -3.22. The lowest BCUT2D eigenvalue weighted by molar-refractivity contribution is -0.0496. The Morgan fingerprint density at radius 1 is 1.39 bits per heavy atom. The second-order valence-electron chi connectivity index (χ2n) is 4.03. The van der Waals surface area contributed by atoms with Crippen molar-refractivity contribution in [3.05, 3.63) is 34.9 Å². The molecule has 0 radical (unpaired) electrons. The van der Waals surface area contributed by atoms with Crippen molar-refractivity contribution in [2.24, 2.45) is 0 Å². The van der Waals surface area contributed by atoms with Crippen LogP contribution in [0.1, 0.15) is 10.5 Å². The largest absolute Gasteiger partial charge is 0.479 e. The predicted molar refractivity (Wildman–Crippen MR) is 72.6 cm³/mol. The standard InChI is InChI=1S/C13H8ClF3N2O4/c1-22-11-10(12(20)21)19-6(4-18-11)8-7(23-13(16)17)3-2-5(14)9(8)15/h2-4,13H,1H3,(H,20,21). The Morgan fingerprint density at radius 3 is 2.65 bits per heavy atom. The van der Waals surface area contributed by atoms with Gasteiger partial charge < -0.3 is 14.6 Å². The Labute approximate surface area is 132 Å². The van der Waals surface area contributed by atoms with E-state index in [1.165, 1.54) is 7.11 Å². The number of ether oxygens (including phenoxy) is 2. The van der Waals surface area contributed by atoms with Crippen LogP contribution in [0.15, 0.2) is 18.3 Å². The molecule has 0 amide bonds. The summed E-state index contributed by atoms with van der Waals surface area (Å²) < 4.78 is 48.0. The van der Waals surface area contributed by atoms with Gasteiger partial charge in [-0.1, -0.05) is 11.6 Å². The van der Waals surface area contributed by atoms with Crippen LogP contribution in [-0.2, 0) is 0 Å². The van der Waals surface area contributed by atoms with Crippen molar-refractivity contribution in [2.75, 3.05) is 7.11 Å². The normalized spacial score (nSPS) is 10.7. The molecule has 1 aromatic carbocycles. The van der Waals surface area contributed by atoms with Gasteiger partial charge >= 0.3 is 12.6 Å². The minimum atomic E-state index is -3.22. The summed E-state index contributed by atoms with van der Waals surface area (Å²) in [4.78, 5) is 18.5. The molecule has 0 unspecified atom stereocenters. The molecule has 1 N–H and O–H groups in total. The fourth-order valence-corrected chi connectivity index (χ4v) is 1.91. The lowest BCUT2D eigenvalue weighted by Crippen LogP contribution is -2.09. The van der Waals surface area contributed by atoms with E-state index in [1.54, 1.807) is 0 Å². The third-order valence-electron chi connectivity index (χ3n) is 2.66. The highest BCUT2D eigenvalue weighted by Crippen LogP contribution is 2.36. The van der Waals surface area contributed by atoms with Crippen molar-refractivity contribution in [3.63, 3.8) is 0 Å². The monoisotopic (exact) mass is 348 g/mol. The van der Waals surface area contributed by atoms with Crippen LogP contribution in [-0.4, -0.2) is 34.8 Å². The van der Waals surface area contributed by atoms with Gasteiger partial charge in [-0.05, 0) is 12.1 Å². The molecule has 0 aliphatic carbocycles. The molecular weight excluding hydrogens is 341 g/mol. The second kappa shape index (κ2) is 6.69. The van der Waals surface area contributed by atoms with Crippen molar-refractivity contribution in [3.8, 4) is 22.9 Å². The maximum absolute atomic E-state index is 14.2. The van der Waals surface area contributed by atoms with Crippen molar-refractivity contribution >= 4 is 17.6 Å². The van der Waals surface area contributed by atoms with Gasteiger partial charge in [0.05, 0.1) is 29.6 Å². The molecule has 0 aliphatic rings. The van der Waals surface area contributed by atoms with Gasteiger partial charge in [-0.3, -0.25) is 0 Å². The van der Waals surface area contributed by atoms with Gasteiger partial charge in [-0.15, -0.1) is 0 Å². The lowest BCUT2D eigenvalue weighted by atomic mass is 10.1. The third-order valence-corrected chi connectivity index (χ3v) is 2.96. The van der Waals surface area contributed by atoms with E-state index in [2.05, 4.69) is 14.7 Å². The lowest BCUT2D eigenvalue weighted by Gasteiger charge is -2.13. The molecule has 1 heterocycles. The minimum Gasteiger partial charge on any atom is -0.479 e. The Bertz CT molecular complexity index is 758. The SMILES string of the molecule is COc1ncc(-c2c(OC(F)F)ccc(Cl)c2F)nc1C(=O)O. The van der Waals surface area contributed by atoms with Gasteiger partial charge in [0.2, 0.25) is 11.6 Å². The van der Waals surface area contributed by atoms with Crippen molar-refractivity contribution in [1.29, 1.82) is 0 Å². The number of hydrogen-bond acceptors (Lipinski definition) is 5. The van der Waals surface area contributed by atoms with E-state index in [1.807, 2.05) is 0 Å². The van der Waals surface area contributed by atoms with Gasteiger partial charge in [-0.25, -0.2) is 19.2 Å². The number of aromatic carboxylic acids is 1. The summed E-state index contributed by atoms with van der Waals surface area (Å²) in [5.41, 5.74) is -1.50. The molecule has 0 spiro atoms. The first kappa shape index (κ1) is 16.8.